The van der Waals surface area contributed by atoms with Crippen molar-refractivity contribution in [1.29, 1.82) is 0 Å². The summed E-state index contributed by atoms with van der Waals surface area (Å²) in [6, 6.07) is 2.77. The Balaban J connectivity index is 0.000000810. The Morgan fingerprint density at radius 3 is 2.78 bits per heavy atom. The van der Waals surface area contributed by atoms with E-state index in [2.05, 4.69) is 4.98 Å². The smallest absolute Gasteiger partial charge is 0.247 e. The third kappa shape index (κ3) is 1.25. The van der Waals surface area contributed by atoms with Gasteiger partial charge in [-0.1, -0.05) is 0 Å². The van der Waals surface area contributed by atoms with Crippen molar-refractivity contribution in [2.45, 2.75) is 0 Å². The molecule has 48 valence electrons. The molecule has 0 aliphatic rings. The first-order chi connectivity index (χ1) is 4.33. The maximum absolute atomic E-state index is 10.4. The van der Waals surface area contributed by atoms with E-state index in [0.717, 1.165) is 0 Å². The van der Waals surface area contributed by atoms with Gasteiger partial charge in [0.05, 0.1) is 0 Å². The number of hydrogen-bond acceptors (Lipinski definition) is 2. The molecule has 1 aromatic heterocycles. The van der Waals surface area contributed by atoms with Crippen LogP contribution in [0.5, 0.6) is 0 Å². The van der Waals surface area contributed by atoms with Gasteiger partial charge in [-0.2, -0.15) is 0 Å². The number of aromatic amines is 1. The molecule has 1 heterocycles. The minimum atomic E-state index is -0.194. The topological polar surface area (TPSA) is 49.9 Å². The molecular formula is C6H7NO2. The van der Waals surface area contributed by atoms with E-state index >= 15 is 0 Å². The number of aromatic nitrogens is 1. The van der Waals surface area contributed by atoms with Crippen molar-refractivity contribution in [3.63, 3.8) is 0 Å². The van der Waals surface area contributed by atoms with E-state index in [0.29, 0.717) is 11.8 Å². The summed E-state index contributed by atoms with van der Waals surface area (Å²) in [7, 11) is 0. The number of rotatable bonds is 1. The van der Waals surface area contributed by atoms with Gasteiger partial charge in [0.15, 0.2) is 6.29 Å². The molecule has 0 fully saturated rings. The highest BCUT2D eigenvalue weighted by Gasteiger charge is 1.84. The molecule has 0 aliphatic heterocycles. The second kappa shape index (κ2) is 2.26. The number of pyridine rings is 1. The first kappa shape index (κ1) is 5.75. The molecule has 0 atom stereocenters. The molecule has 1 N–H and O–H groups in total. The zero-order valence-corrected chi connectivity index (χ0v) is 4.63. The molecule has 0 saturated heterocycles. The van der Waals surface area contributed by atoms with Gasteiger partial charge < -0.3 is 4.98 Å². The number of carbonyl (C=O) groups excluding carboxylic acids is 1. The Hall–Kier alpha value is -1.38. The van der Waals surface area contributed by atoms with Crippen LogP contribution in [-0.2, 0) is 0 Å². The van der Waals surface area contributed by atoms with Crippen LogP contribution >= 0.6 is 0 Å². The second-order valence-electron chi connectivity index (χ2n) is 1.60. The van der Waals surface area contributed by atoms with Crippen molar-refractivity contribution in [1.82, 2.24) is 4.98 Å². The number of carbonyl (C=O) groups is 1. The van der Waals surface area contributed by atoms with E-state index in [1.165, 1.54) is 18.3 Å². The molecular weight excluding hydrogens is 118 g/mol. The van der Waals surface area contributed by atoms with E-state index in [-0.39, 0.29) is 6.99 Å². The molecule has 0 aromatic carbocycles. The molecule has 0 amide bonds. The quantitative estimate of drug-likeness (QED) is 0.553. The third-order valence-electron chi connectivity index (χ3n) is 0.944. The molecule has 0 unspecified atom stereocenters. The fourth-order valence-corrected chi connectivity index (χ4v) is 0.496. The van der Waals surface area contributed by atoms with E-state index in [1.54, 1.807) is 0 Å². The highest BCUT2D eigenvalue weighted by Crippen LogP contribution is 1.84. The van der Waals surface area contributed by atoms with Crippen molar-refractivity contribution < 1.29 is 6.22 Å². The highest BCUT2D eigenvalue weighted by molar-refractivity contribution is 5.73. The Labute approximate surface area is 52.8 Å². The molecule has 3 nitrogen and oxygen atoms in total. The SMILES string of the molecule is O=Cc1ccc(=O)[nH]c1.[HH]. The minimum absolute atomic E-state index is 0. The Kier molecular flexibility index (Phi) is 1.44. The van der Waals surface area contributed by atoms with Crippen molar-refractivity contribution >= 4 is 6.29 Å². The van der Waals surface area contributed by atoms with Crippen molar-refractivity contribution in [2.24, 2.45) is 0 Å². The summed E-state index contributed by atoms with van der Waals surface area (Å²) in [6.07, 6.45) is 2.05. The summed E-state index contributed by atoms with van der Waals surface area (Å²) in [4.78, 5) is 22.7. The summed E-state index contributed by atoms with van der Waals surface area (Å²) in [5.74, 6) is 0. The third-order valence-corrected chi connectivity index (χ3v) is 0.944. The zero-order valence-electron chi connectivity index (χ0n) is 4.63. The van der Waals surface area contributed by atoms with Gasteiger partial charge in [-0.3, -0.25) is 9.59 Å². The van der Waals surface area contributed by atoms with Gasteiger partial charge in [0.2, 0.25) is 5.56 Å². The minimum Gasteiger partial charge on any atom is -0.328 e. The number of hydrogen-bond donors (Lipinski definition) is 1. The molecule has 0 bridgehead atoms. The largest absolute Gasteiger partial charge is 0.328 e. The Bertz CT molecular complexity index is 248. The summed E-state index contributed by atoms with van der Waals surface area (Å²) >= 11 is 0. The van der Waals surface area contributed by atoms with E-state index in [9.17, 15) is 9.59 Å². The van der Waals surface area contributed by atoms with Crippen LogP contribution in [0.25, 0.3) is 0 Å². The van der Waals surface area contributed by atoms with Crippen LogP contribution in [-0.4, -0.2) is 11.3 Å². The highest BCUT2D eigenvalue weighted by atomic mass is 16.1. The van der Waals surface area contributed by atoms with Crippen LogP contribution in [0.15, 0.2) is 23.1 Å². The number of aldehydes is 1. The van der Waals surface area contributed by atoms with Gasteiger partial charge in [0, 0.05) is 19.3 Å². The van der Waals surface area contributed by atoms with Crippen LogP contribution in [0, 0.1) is 0 Å². The van der Waals surface area contributed by atoms with Crippen molar-refractivity contribution in [3.05, 3.63) is 34.2 Å². The molecule has 9 heavy (non-hydrogen) atoms. The van der Waals surface area contributed by atoms with Crippen molar-refractivity contribution in [2.75, 3.05) is 0 Å². The molecule has 0 spiro atoms. The predicted molar refractivity (Wildman–Crippen MR) is 34.6 cm³/mol. The summed E-state index contributed by atoms with van der Waals surface area (Å²) in [5, 5.41) is 0. The molecule has 0 radical (unpaired) electrons. The lowest BCUT2D eigenvalue weighted by Gasteiger charge is -1.83. The maximum atomic E-state index is 10.4. The van der Waals surface area contributed by atoms with Gasteiger partial charge in [-0.05, 0) is 6.07 Å². The number of H-pyrrole nitrogens is 1. The molecule has 1 aromatic rings. The lowest BCUT2D eigenvalue weighted by molar-refractivity contribution is 0.112. The molecule has 0 saturated carbocycles. The summed E-state index contributed by atoms with van der Waals surface area (Å²) in [6.45, 7) is 0. The van der Waals surface area contributed by atoms with E-state index < -0.39 is 0 Å². The first-order valence-electron chi connectivity index (χ1n) is 2.47. The normalized spacial score (nSPS) is 8.89. The first-order valence-corrected chi connectivity index (χ1v) is 2.47. The molecule has 3 heteroatoms. The summed E-state index contributed by atoms with van der Waals surface area (Å²) < 4.78 is 0. The Morgan fingerprint density at radius 2 is 2.33 bits per heavy atom. The zero-order chi connectivity index (χ0) is 6.69. The molecule has 1 rings (SSSR count). The van der Waals surface area contributed by atoms with Crippen LogP contribution < -0.4 is 5.56 Å². The van der Waals surface area contributed by atoms with Crippen LogP contribution in [0.3, 0.4) is 0 Å². The monoisotopic (exact) mass is 125 g/mol. The molecule has 0 aliphatic carbocycles. The van der Waals surface area contributed by atoms with Crippen LogP contribution in [0.2, 0.25) is 0 Å². The lowest BCUT2D eigenvalue weighted by atomic mass is 10.3. The standard InChI is InChI=1S/C6H5NO2.H2/c8-4-5-1-2-6(9)7-3-5;/h1-4H,(H,7,9);1H. The second-order valence-corrected chi connectivity index (χ2v) is 1.60. The van der Waals surface area contributed by atoms with Gasteiger partial charge in [-0.15, -0.1) is 0 Å². The van der Waals surface area contributed by atoms with E-state index in [1.807, 2.05) is 0 Å². The van der Waals surface area contributed by atoms with E-state index in [4.69, 9.17) is 0 Å². The number of nitrogens with one attached hydrogen (secondary N) is 1. The Morgan fingerprint density at radius 1 is 1.56 bits per heavy atom. The average molecular weight is 125 g/mol. The van der Waals surface area contributed by atoms with Gasteiger partial charge >= 0.3 is 0 Å². The fraction of sp³-hybridized carbons (Fsp3) is 0. The fourth-order valence-electron chi connectivity index (χ4n) is 0.496. The van der Waals surface area contributed by atoms with Gasteiger partial charge in [0.25, 0.3) is 0 Å². The van der Waals surface area contributed by atoms with Crippen LogP contribution in [0.1, 0.15) is 11.8 Å². The summed E-state index contributed by atoms with van der Waals surface area (Å²) in [5.41, 5.74) is 0.287. The average Bonchev–Trinajstić information content (AvgIpc) is 1.90. The lowest BCUT2D eigenvalue weighted by Crippen LogP contribution is -2.01. The van der Waals surface area contributed by atoms with Crippen LogP contribution in [0.4, 0.5) is 0 Å². The predicted octanol–water partition coefficient (Wildman–Crippen LogP) is 0.433. The van der Waals surface area contributed by atoms with Crippen molar-refractivity contribution in [3.8, 4) is 0 Å². The van der Waals surface area contributed by atoms with Gasteiger partial charge in [-0.25, -0.2) is 0 Å². The van der Waals surface area contributed by atoms with Gasteiger partial charge in [0.1, 0.15) is 0 Å². The maximum Gasteiger partial charge on any atom is 0.247 e.